The maximum Gasteiger partial charge on any atom is 0.278 e. The monoisotopic (exact) mass is 796 g/mol. The Morgan fingerprint density at radius 1 is 0.800 bits per heavy atom. The zero-order chi connectivity index (χ0) is 39.8. The molecule has 55 heavy (non-hydrogen) atoms. The van der Waals surface area contributed by atoms with Crippen molar-refractivity contribution in [3.05, 3.63) is 62.6 Å². The van der Waals surface area contributed by atoms with Gasteiger partial charge in [0.25, 0.3) is 11.8 Å². The lowest BCUT2D eigenvalue weighted by molar-refractivity contribution is -0.121. The van der Waals surface area contributed by atoms with Crippen LogP contribution in [0, 0.1) is 58.2 Å². The normalized spacial score (nSPS) is 30.5. The molecule has 0 bridgehead atoms. The van der Waals surface area contributed by atoms with Gasteiger partial charge in [-0.25, -0.2) is 11.0 Å². The molecule has 0 heterocycles. The number of carbonyl (C=O) groups is 2. The van der Waals surface area contributed by atoms with Crippen molar-refractivity contribution in [1.82, 2.24) is 11.0 Å². The van der Waals surface area contributed by atoms with E-state index in [1.54, 1.807) is 11.0 Å². The summed E-state index contributed by atoms with van der Waals surface area (Å²) >= 11 is 12.8. The molecule has 4 aliphatic rings. The van der Waals surface area contributed by atoms with E-state index in [4.69, 9.17) is 23.2 Å². The minimum atomic E-state index is -0.938. The van der Waals surface area contributed by atoms with E-state index >= 15 is 0 Å². The number of carbonyl (C=O) groups excluding carboxylic acids is 2. The van der Waals surface area contributed by atoms with Crippen molar-refractivity contribution in [2.75, 3.05) is 0 Å². The number of nitrogens with one attached hydrogen (secondary N) is 2. The predicted molar refractivity (Wildman–Crippen MR) is 218 cm³/mol. The maximum absolute atomic E-state index is 12.5. The van der Waals surface area contributed by atoms with Crippen molar-refractivity contribution in [2.24, 2.45) is 58.2 Å². The van der Waals surface area contributed by atoms with Crippen molar-refractivity contribution in [3.63, 3.8) is 0 Å². The molecule has 0 radical (unpaired) electrons. The summed E-state index contributed by atoms with van der Waals surface area (Å²) < 4.78 is 0. The molecule has 0 aliphatic heterocycles. The van der Waals surface area contributed by atoms with Gasteiger partial charge in [-0.15, -0.1) is 0 Å². The quantitative estimate of drug-likeness (QED) is 0.0934. The molecule has 4 aliphatic carbocycles. The van der Waals surface area contributed by atoms with E-state index in [1.807, 2.05) is 6.08 Å². The van der Waals surface area contributed by atoms with Crippen molar-refractivity contribution in [1.29, 1.82) is 0 Å². The molecule has 4 saturated carbocycles. The van der Waals surface area contributed by atoms with Crippen LogP contribution in [-0.2, 0) is 0 Å². The Kier molecular flexibility index (Phi) is 12.9. The molecule has 0 spiro atoms. The minimum absolute atomic E-state index is 0.102. The van der Waals surface area contributed by atoms with E-state index in [-0.39, 0.29) is 21.2 Å². The average Bonchev–Trinajstić information content (AvgIpc) is 3.52. The fourth-order valence-electron chi connectivity index (χ4n) is 12.5. The van der Waals surface area contributed by atoms with Crippen LogP contribution in [0.25, 0.3) is 5.57 Å². The second-order valence-electron chi connectivity index (χ2n) is 18.6. The zero-order valence-electron chi connectivity index (χ0n) is 33.3. The highest BCUT2D eigenvalue weighted by atomic mass is 35.5. The molecular weight excluding hydrogens is 735 g/mol. The molecule has 6 N–H and O–H groups in total. The molecule has 0 saturated heterocycles. The van der Waals surface area contributed by atoms with Gasteiger partial charge in [-0.3, -0.25) is 20.0 Å². The van der Waals surface area contributed by atoms with Gasteiger partial charge in [0, 0.05) is 0 Å². The summed E-state index contributed by atoms with van der Waals surface area (Å²) in [5.74, 6) is 3.47. The largest absolute Gasteiger partial charge is 0.506 e. The fraction of sp³-hybridized carbons (Fsp3) is 0.644. The van der Waals surface area contributed by atoms with E-state index in [2.05, 4.69) is 34.6 Å². The highest BCUT2D eigenvalue weighted by molar-refractivity contribution is 6.33. The number of hydrogen-bond donors (Lipinski definition) is 6. The SMILES string of the molecule is CC(C)CCC[C@@H](C)[C@H]1CC[C@H]2[C@@H]3CCC4CC(CCC=C(c5cc(Cl)c(O)c(C(=O)NO)c5)c5cc(Cl)c(O)c(C(=O)NO)c5)CC[C@]4(C)[C@H]3CC[C@]12C. The highest BCUT2D eigenvalue weighted by Gasteiger charge is 2.60. The van der Waals surface area contributed by atoms with Gasteiger partial charge >= 0.3 is 0 Å². The van der Waals surface area contributed by atoms with Crippen LogP contribution in [0.15, 0.2) is 30.3 Å². The van der Waals surface area contributed by atoms with E-state index in [9.17, 15) is 30.2 Å². The van der Waals surface area contributed by atoms with E-state index in [0.29, 0.717) is 39.9 Å². The number of aromatic hydroxyl groups is 2. The van der Waals surface area contributed by atoms with Gasteiger partial charge in [-0.1, -0.05) is 83.2 Å². The van der Waals surface area contributed by atoms with Gasteiger partial charge in [-0.2, -0.15) is 0 Å². The summed E-state index contributed by atoms with van der Waals surface area (Å²) in [7, 11) is 0. The number of phenolic OH excluding ortho intramolecular Hbond substituents is 2. The Labute approximate surface area is 337 Å². The van der Waals surface area contributed by atoms with Gasteiger partial charge in [0.1, 0.15) is 11.5 Å². The van der Waals surface area contributed by atoms with Gasteiger partial charge in [-0.05, 0) is 170 Å². The van der Waals surface area contributed by atoms with Crippen LogP contribution in [0.5, 0.6) is 11.5 Å². The van der Waals surface area contributed by atoms with Gasteiger partial charge in [0.15, 0.2) is 0 Å². The lowest BCUT2D eigenvalue weighted by Crippen LogP contribution is -2.53. The Balaban J connectivity index is 1.18. The molecule has 2 unspecified atom stereocenters. The van der Waals surface area contributed by atoms with E-state index in [0.717, 1.165) is 47.8 Å². The van der Waals surface area contributed by atoms with Gasteiger partial charge in [0.05, 0.1) is 21.2 Å². The van der Waals surface area contributed by atoms with Crippen LogP contribution < -0.4 is 11.0 Å². The highest BCUT2D eigenvalue weighted by Crippen LogP contribution is 2.69. The second kappa shape index (κ2) is 17.0. The van der Waals surface area contributed by atoms with Crippen LogP contribution in [0.4, 0.5) is 0 Å². The third-order valence-corrected chi connectivity index (χ3v) is 15.9. The number of amides is 2. The number of halogens is 2. The van der Waals surface area contributed by atoms with Crippen LogP contribution >= 0.6 is 23.2 Å². The number of rotatable bonds is 12. The predicted octanol–water partition coefficient (Wildman–Crippen LogP) is 11.6. The molecule has 2 aromatic rings. The van der Waals surface area contributed by atoms with Crippen LogP contribution in [0.3, 0.4) is 0 Å². The van der Waals surface area contributed by atoms with Crippen LogP contribution in [0.1, 0.15) is 156 Å². The summed E-state index contributed by atoms with van der Waals surface area (Å²) in [4.78, 5) is 24.9. The van der Waals surface area contributed by atoms with Crippen molar-refractivity contribution >= 4 is 40.6 Å². The molecule has 4 fully saturated rings. The molecule has 10 heteroatoms. The number of benzene rings is 2. The van der Waals surface area contributed by atoms with Gasteiger partial charge < -0.3 is 10.2 Å². The summed E-state index contributed by atoms with van der Waals surface area (Å²) in [6.45, 7) is 12.6. The molecule has 9 atom stereocenters. The zero-order valence-corrected chi connectivity index (χ0v) is 34.8. The first-order valence-corrected chi connectivity index (χ1v) is 21.5. The first-order chi connectivity index (χ1) is 26.1. The first-order valence-electron chi connectivity index (χ1n) is 20.8. The lowest BCUT2D eigenvalue weighted by Gasteiger charge is -2.61. The molecule has 8 nitrogen and oxygen atoms in total. The molecule has 302 valence electrons. The standard InChI is InChI=1S/C45H62Cl2N2O6/c1-25(2)8-6-9-26(3)35-14-15-36-32-13-12-30-20-27(16-18-44(30,4)37(32)17-19-45(35,36)5)10-7-11-31(28-21-33(42(52)48-54)40(50)38(46)23-28)29-22-34(43(53)49-55)41(51)39(47)24-29/h11,21-27,30,32,35-37,50-51,54-55H,6-10,12-20H2,1-5H3,(H,48,52)(H,49,53)/t26-,27?,30?,32+,35-,36+,37+,44+,45-/m1/s1. The van der Waals surface area contributed by atoms with Crippen LogP contribution in [0.2, 0.25) is 10.0 Å². The number of fused-ring (bicyclic) bond motifs is 5. The molecule has 0 aromatic heterocycles. The topological polar surface area (TPSA) is 139 Å². The van der Waals surface area contributed by atoms with Crippen molar-refractivity contribution < 1.29 is 30.2 Å². The number of allylic oxidation sites excluding steroid dienone is 1. The Morgan fingerprint density at radius 3 is 1.96 bits per heavy atom. The van der Waals surface area contributed by atoms with Crippen molar-refractivity contribution in [3.8, 4) is 11.5 Å². The molecule has 2 amide bonds. The number of hydroxylamine groups is 2. The molecule has 6 rings (SSSR count). The minimum Gasteiger partial charge on any atom is -0.506 e. The fourth-order valence-corrected chi connectivity index (χ4v) is 12.9. The van der Waals surface area contributed by atoms with Crippen LogP contribution in [-0.4, -0.2) is 32.4 Å². The lowest BCUT2D eigenvalue weighted by atomic mass is 9.44. The van der Waals surface area contributed by atoms with E-state index in [1.165, 1.54) is 101 Å². The maximum atomic E-state index is 12.5. The molecule has 2 aromatic carbocycles. The number of phenols is 2. The summed E-state index contributed by atoms with van der Waals surface area (Å²) in [5.41, 5.74) is 4.97. The Hall–Kier alpha value is -2.78. The van der Waals surface area contributed by atoms with Crippen molar-refractivity contribution in [2.45, 2.75) is 125 Å². The summed E-state index contributed by atoms with van der Waals surface area (Å²) in [6, 6.07) is 5.82. The average molecular weight is 798 g/mol. The third-order valence-electron chi connectivity index (χ3n) is 15.3. The number of hydrogen-bond acceptors (Lipinski definition) is 6. The Bertz CT molecular complexity index is 1710. The first kappa shape index (κ1) is 41.8. The summed E-state index contributed by atoms with van der Waals surface area (Å²) in [5, 5.41) is 39.5. The third kappa shape index (κ3) is 8.17. The molecular formula is C45H62Cl2N2O6. The van der Waals surface area contributed by atoms with Gasteiger partial charge in [0.2, 0.25) is 0 Å². The Morgan fingerprint density at radius 2 is 1.38 bits per heavy atom. The second-order valence-corrected chi connectivity index (χ2v) is 19.4. The summed E-state index contributed by atoms with van der Waals surface area (Å²) in [6.07, 6.45) is 19.7. The van der Waals surface area contributed by atoms with E-state index < -0.39 is 23.3 Å². The smallest absolute Gasteiger partial charge is 0.278 e.